The number of aryl methyl sites for hydroxylation is 1. The van der Waals surface area contributed by atoms with Crippen LogP contribution in [0.15, 0.2) is 33.4 Å². The molecule has 0 N–H and O–H groups in total. The Bertz CT molecular complexity index is 674. The van der Waals surface area contributed by atoms with Gasteiger partial charge in [-0.3, -0.25) is 4.68 Å². The van der Waals surface area contributed by atoms with E-state index in [0.717, 1.165) is 27.1 Å². The molecule has 0 radical (unpaired) electrons. The van der Waals surface area contributed by atoms with E-state index in [4.69, 9.17) is 18.0 Å². The number of halogens is 2. The Labute approximate surface area is 126 Å². The van der Waals surface area contributed by atoms with E-state index in [1.54, 1.807) is 4.68 Å². The summed E-state index contributed by atoms with van der Waals surface area (Å²) in [4.78, 5) is 1.92. The van der Waals surface area contributed by atoms with Crippen molar-refractivity contribution < 1.29 is 0 Å². The summed E-state index contributed by atoms with van der Waals surface area (Å²) in [5.74, 6) is 2.62. The summed E-state index contributed by atoms with van der Waals surface area (Å²) in [7, 11) is 3.73. The topological polar surface area (TPSA) is 21.1 Å². The van der Waals surface area contributed by atoms with E-state index in [-0.39, 0.29) is 0 Å². The molecular formula is C14H13BrClN3. The Kier molecular flexibility index (Phi) is 3.62. The lowest BCUT2D eigenvalue weighted by Gasteiger charge is -2.28. The first-order valence-electron chi connectivity index (χ1n) is 5.59. The van der Waals surface area contributed by atoms with Crippen molar-refractivity contribution in [1.82, 2.24) is 14.7 Å². The zero-order valence-corrected chi connectivity index (χ0v) is 13.3. The standard InChI is InChI=1S/C14H13BrClN3/c1-6-11-12(15)13(17-19(11)5)14-8(2)7-10(16)9(3)18(14)4/h1,7H,3H2,2,4-5H3. The van der Waals surface area contributed by atoms with E-state index in [9.17, 15) is 0 Å². The zero-order valence-electron chi connectivity index (χ0n) is 11.0. The van der Waals surface area contributed by atoms with Crippen LogP contribution >= 0.6 is 27.5 Å². The van der Waals surface area contributed by atoms with Crippen LogP contribution in [-0.4, -0.2) is 21.7 Å². The van der Waals surface area contributed by atoms with Gasteiger partial charge < -0.3 is 4.90 Å². The molecule has 1 aromatic rings. The van der Waals surface area contributed by atoms with Crippen LogP contribution in [0.25, 0.3) is 5.70 Å². The number of terminal acetylenes is 1. The van der Waals surface area contributed by atoms with E-state index in [1.165, 1.54) is 0 Å². The molecule has 0 amide bonds. The number of allylic oxidation sites excluding steroid dienone is 3. The summed E-state index contributed by atoms with van der Waals surface area (Å²) in [6, 6.07) is 0. The van der Waals surface area contributed by atoms with Crippen LogP contribution in [0.4, 0.5) is 0 Å². The number of likely N-dealkylation sites (N-methyl/N-ethyl adjacent to an activating group) is 1. The van der Waals surface area contributed by atoms with Crippen LogP contribution in [0.3, 0.4) is 0 Å². The van der Waals surface area contributed by atoms with Crippen LogP contribution in [0, 0.1) is 12.3 Å². The monoisotopic (exact) mass is 337 g/mol. The molecular weight excluding hydrogens is 326 g/mol. The van der Waals surface area contributed by atoms with Crippen LogP contribution < -0.4 is 0 Å². The molecule has 2 heterocycles. The first-order chi connectivity index (χ1) is 8.88. The number of nitrogens with zero attached hydrogens (tertiary/aromatic N) is 3. The minimum absolute atomic E-state index is 0.632. The molecule has 0 saturated carbocycles. The normalized spacial score (nSPS) is 15.7. The molecule has 0 spiro atoms. The molecule has 1 aliphatic heterocycles. The molecule has 1 aliphatic rings. The maximum Gasteiger partial charge on any atom is 0.125 e. The number of hydrogen-bond acceptors (Lipinski definition) is 2. The third-order valence-corrected chi connectivity index (χ3v) is 4.16. The molecule has 0 aliphatic carbocycles. The molecule has 0 fully saturated rings. The van der Waals surface area contributed by atoms with Gasteiger partial charge in [0, 0.05) is 14.1 Å². The molecule has 3 nitrogen and oxygen atoms in total. The average Bonchev–Trinajstić information content (AvgIpc) is 2.62. The van der Waals surface area contributed by atoms with Gasteiger partial charge in [0.25, 0.3) is 0 Å². The molecule has 0 saturated heterocycles. The second kappa shape index (κ2) is 4.92. The van der Waals surface area contributed by atoms with Crippen molar-refractivity contribution in [2.24, 2.45) is 7.05 Å². The maximum atomic E-state index is 6.13. The maximum absolute atomic E-state index is 6.13. The summed E-state index contributed by atoms with van der Waals surface area (Å²) in [6.07, 6.45) is 7.38. The number of hydrogen-bond donors (Lipinski definition) is 0. The molecule has 19 heavy (non-hydrogen) atoms. The lowest BCUT2D eigenvalue weighted by molar-refractivity contribution is 0.599. The van der Waals surface area contributed by atoms with Crippen molar-refractivity contribution in [3.63, 3.8) is 0 Å². The molecule has 2 rings (SSSR count). The van der Waals surface area contributed by atoms with Crippen molar-refractivity contribution in [2.75, 3.05) is 7.05 Å². The predicted octanol–water partition coefficient (Wildman–Crippen LogP) is 3.48. The summed E-state index contributed by atoms with van der Waals surface area (Å²) < 4.78 is 2.48. The van der Waals surface area contributed by atoms with Crippen molar-refractivity contribution in [3.05, 3.63) is 44.8 Å². The lowest BCUT2D eigenvalue weighted by Crippen LogP contribution is -2.20. The van der Waals surface area contributed by atoms with E-state index in [1.807, 2.05) is 32.0 Å². The Hall–Kier alpha value is -1.44. The van der Waals surface area contributed by atoms with Crippen molar-refractivity contribution in [1.29, 1.82) is 0 Å². The van der Waals surface area contributed by atoms with Gasteiger partial charge in [-0.1, -0.05) is 18.2 Å². The Morgan fingerprint density at radius 3 is 2.63 bits per heavy atom. The second-order valence-electron chi connectivity index (χ2n) is 4.31. The Morgan fingerprint density at radius 1 is 1.47 bits per heavy atom. The minimum atomic E-state index is 0.632. The highest BCUT2D eigenvalue weighted by molar-refractivity contribution is 9.10. The Morgan fingerprint density at radius 2 is 2.11 bits per heavy atom. The number of rotatable bonds is 1. The highest BCUT2D eigenvalue weighted by Gasteiger charge is 2.25. The first kappa shape index (κ1) is 14.0. The van der Waals surface area contributed by atoms with Gasteiger partial charge in [-0.25, -0.2) is 0 Å². The molecule has 0 aromatic carbocycles. The van der Waals surface area contributed by atoms with Crippen LogP contribution in [0.2, 0.25) is 0 Å². The quantitative estimate of drug-likeness (QED) is 0.731. The van der Waals surface area contributed by atoms with Gasteiger partial charge in [0.2, 0.25) is 0 Å². The fraction of sp³-hybridized carbons (Fsp3) is 0.214. The van der Waals surface area contributed by atoms with Crippen molar-refractivity contribution >= 4 is 33.2 Å². The second-order valence-corrected chi connectivity index (χ2v) is 5.51. The van der Waals surface area contributed by atoms with E-state index in [0.29, 0.717) is 10.7 Å². The van der Waals surface area contributed by atoms with Gasteiger partial charge >= 0.3 is 0 Å². The smallest absolute Gasteiger partial charge is 0.125 e. The summed E-state index contributed by atoms with van der Waals surface area (Å²) in [5.41, 5.74) is 4.19. The predicted molar refractivity (Wildman–Crippen MR) is 82.3 cm³/mol. The Balaban J connectivity index is 2.69. The van der Waals surface area contributed by atoms with Gasteiger partial charge in [-0.15, -0.1) is 6.42 Å². The van der Waals surface area contributed by atoms with E-state index < -0.39 is 0 Å². The summed E-state index contributed by atoms with van der Waals surface area (Å²) in [6.45, 7) is 5.95. The molecule has 1 aromatic heterocycles. The van der Waals surface area contributed by atoms with Gasteiger partial charge in [-0.05, 0) is 40.4 Å². The van der Waals surface area contributed by atoms with Gasteiger partial charge in [-0.2, -0.15) is 5.10 Å². The summed E-state index contributed by atoms with van der Waals surface area (Å²) in [5, 5.41) is 5.11. The molecule has 0 unspecified atom stereocenters. The molecule has 5 heteroatoms. The first-order valence-corrected chi connectivity index (χ1v) is 6.76. The summed E-state index contributed by atoms with van der Waals surface area (Å²) >= 11 is 9.65. The minimum Gasteiger partial charge on any atom is -0.342 e. The van der Waals surface area contributed by atoms with Crippen molar-refractivity contribution in [3.8, 4) is 12.3 Å². The van der Waals surface area contributed by atoms with E-state index in [2.05, 4.69) is 33.5 Å². The number of aromatic nitrogens is 2. The van der Waals surface area contributed by atoms with Gasteiger partial charge in [0.05, 0.1) is 20.9 Å². The van der Waals surface area contributed by atoms with Crippen LogP contribution in [0.5, 0.6) is 0 Å². The average molecular weight is 339 g/mol. The fourth-order valence-electron chi connectivity index (χ4n) is 2.05. The molecule has 98 valence electrons. The zero-order chi connectivity index (χ0) is 14.3. The van der Waals surface area contributed by atoms with Crippen LogP contribution in [0.1, 0.15) is 18.3 Å². The highest BCUT2D eigenvalue weighted by Crippen LogP contribution is 2.37. The van der Waals surface area contributed by atoms with Gasteiger partial charge in [0.15, 0.2) is 0 Å². The largest absolute Gasteiger partial charge is 0.342 e. The highest BCUT2D eigenvalue weighted by atomic mass is 79.9. The van der Waals surface area contributed by atoms with E-state index >= 15 is 0 Å². The van der Waals surface area contributed by atoms with Gasteiger partial charge in [0.1, 0.15) is 11.4 Å². The van der Waals surface area contributed by atoms with Crippen LogP contribution in [-0.2, 0) is 7.05 Å². The third-order valence-electron chi connectivity index (χ3n) is 3.08. The molecule has 0 atom stereocenters. The van der Waals surface area contributed by atoms with Crippen molar-refractivity contribution in [2.45, 2.75) is 6.92 Å². The molecule has 0 bridgehead atoms. The third kappa shape index (κ3) is 2.13. The SMILES string of the molecule is C#Cc1c(Br)c(C2=C(C)C=C(Cl)C(=C)N2C)nn1C. The fourth-order valence-corrected chi connectivity index (χ4v) is 2.98. The lowest BCUT2D eigenvalue weighted by atomic mass is 10.1.